The summed E-state index contributed by atoms with van der Waals surface area (Å²) >= 11 is 0. The quantitative estimate of drug-likeness (QED) is 0.100. The molecule has 0 spiro atoms. The number of ether oxygens (including phenoxy) is 2. The third-order valence-electron chi connectivity index (χ3n) is 9.26. The fraction of sp³-hybridized carbons (Fsp3) is 0.737. The molecule has 0 amide bonds. The molecule has 8 atom stereocenters. The summed E-state index contributed by atoms with van der Waals surface area (Å²) in [7, 11) is -1.95. The molecule has 4 nitrogen and oxygen atoms in total. The number of allylic oxidation sites excluding steroid dienone is 6. The zero-order valence-electron chi connectivity index (χ0n) is 30.3. The molecule has 0 saturated carbocycles. The zero-order valence-corrected chi connectivity index (χ0v) is 31.3. The van der Waals surface area contributed by atoms with Crippen molar-refractivity contribution in [1.29, 1.82) is 0 Å². The predicted molar refractivity (Wildman–Crippen MR) is 189 cm³/mol. The van der Waals surface area contributed by atoms with Gasteiger partial charge < -0.3 is 19.0 Å². The topological polar surface area (TPSA) is 47.9 Å². The van der Waals surface area contributed by atoms with Gasteiger partial charge in [-0.1, -0.05) is 122 Å². The molecule has 0 radical (unpaired) electrons. The lowest BCUT2D eigenvalue weighted by atomic mass is 9.83. The molecule has 1 aliphatic rings. The minimum atomic E-state index is -1.95. The maximum atomic E-state index is 11.4. The highest BCUT2D eigenvalue weighted by Gasteiger charge is 2.42. The number of hydrogen-bond acceptors (Lipinski definition) is 4. The van der Waals surface area contributed by atoms with Crippen LogP contribution < -0.4 is 0 Å². The van der Waals surface area contributed by atoms with E-state index in [1.54, 1.807) is 0 Å². The van der Waals surface area contributed by atoms with E-state index in [1.165, 1.54) is 11.1 Å². The first-order valence-corrected chi connectivity index (χ1v) is 19.9. The van der Waals surface area contributed by atoms with Crippen molar-refractivity contribution in [3.63, 3.8) is 0 Å². The molecule has 248 valence electrons. The average molecular weight is 617 g/mol. The van der Waals surface area contributed by atoms with Crippen LogP contribution in [-0.2, 0) is 13.9 Å². The van der Waals surface area contributed by atoms with Crippen molar-refractivity contribution in [3.8, 4) is 0 Å². The summed E-state index contributed by atoms with van der Waals surface area (Å²) in [6.07, 6.45) is 21.0. The molecule has 0 fully saturated rings. The van der Waals surface area contributed by atoms with Crippen LogP contribution in [-0.4, -0.2) is 44.1 Å². The van der Waals surface area contributed by atoms with Crippen LogP contribution in [0.1, 0.15) is 109 Å². The third-order valence-corrected chi connectivity index (χ3v) is 13.7. The number of aliphatic hydroxyl groups is 1. The lowest BCUT2D eigenvalue weighted by Crippen LogP contribution is -2.49. The van der Waals surface area contributed by atoms with E-state index in [2.05, 4.69) is 125 Å². The van der Waals surface area contributed by atoms with Crippen LogP contribution in [0, 0.1) is 23.7 Å². The summed E-state index contributed by atoms with van der Waals surface area (Å²) in [5.41, 5.74) is 2.52. The van der Waals surface area contributed by atoms with E-state index in [0.717, 1.165) is 25.7 Å². The van der Waals surface area contributed by atoms with E-state index < -0.39 is 14.4 Å². The van der Waals surface area contributed by atoms with Gasteiger partial charge in [0.15, 0.2) is 14.6 Å². The molecule has 1 aliphatic heterocycles. The molecular formula is C38H68O4Si. The van der Waals surface area contributed by atoms with Crippen LogP contribution in [0.5, 0.6) is 0 Å². The molecule has 0 bridgehead atoms. The van der Waals surface area contributed by atoms with Crippen molar-refractivity contribution in [3.05, 3.63) is 59.8 Å². The molecular weight excluding hydrogens is 549 g/mol. The smallest absolute Gasteiger partial charge is 0.192 e. The monoisotopic (exact) mass is 616 g/mol. The fourth-order valence-corrected chi connectivity index (χ4v) is 6.70. The largest absolute Gasteiger partial charge is 0.413 e. The van der Waals surface area contributed by atoms with Crippen LogP contribution in [0.3, 0.4) is 0 Å². The fourth-order valence-electron chi connectivity index (χ4n) is 5.22. The molecule has 0 aliphatic carbocycles. The normalized spacial score (nSPS) is 23.6. The van der Waals surface area contributed by atoms with E-state index in [1.807, 2.05) is 19.9 Å². The number of rotatable bonds is 17. The van der Waals surface area contributed by atoms with Gasteiger partial charge in [0, 0.05) is 11.8 Å². The van der Waals surface area contributed by atoms with Gasteiger partial charge >= 0.3 is 0 Å². The first-order valence-electron chi connectivity index (χ1n) is 17.0. The van der Waals surface area contributed by atoms with Gasteiger partial charge in [0.1, 0.15) is 0 Å². The van der Waals surface area contributed by atoms with Crippen LogP contribution in [0.15, 0.2) is 59.8 Å². The summed E-state index contributed by atoms with van der Waals surface area (Å²) in [5.74, 6) is 0.933. The highest BCUT2D eigenvalue weighted by Crippen LogP contribution is 2.40. The predicted octanol–water partition coefficient (Wildman–Crippen LogP) is 10.6. The minimum absolute atomic E-state index is 0.0470. The molecule has 5 heteroatoms. The lowest BCUT2D eigenvalue weighted by molar-refractivity contribution is -0.154. The Balaban J connectivity index is 2.80. The van der Waals surface area contributed by atoms with E-state index in [-0.39, 0.29) is 41.5 Å². The Morgan fingerprint density at radius 2 is 1.70 bits per heavy atom. The molecule has 1 rings (SSSR count). The van der Waals surface area contributed by atoms with Gasteiger partial charge in [-0.05, 0) is 76.1 Å². The molecule has 43 heavy (non-hydrogen) atoms. The summed E-state index contributed by atoms with van der Waals surface area (Å²) in [4.78, 5) is 0. The first-order chi connectivity index (χ1) is 19.9. The van der Waals surface area contributed by atoms with Crippen molar-refractivity contribution < 1.29 is 19.0 Å². The van der Waals surface area contributed by atoms with Gasteiger partial charge in [0.25, 0.3) is 0 Å². The van der Waals surface area contributed by atoms with Crippen molar-refractivity contribution >= 4 is 8.32 Å². The first kappa shape index (κ1) is 39.8. The second-order valence-electron chi connectivity index (χ2n) is 14.8. The van der Waals surface area contributed by atoms with Crippen LogP contribution >= 0.6 is 0 Å². The van der Waals surface area contributed by atoms with Crippen molar-refractivity contribution in [2.24, 2.45) is 23.7 Å². The van der Waals surface area contributed by atoms with Crippen molar-refractivity contribution in [1.82, 2.24) is 0 Å². The van der Waals surface area contributed by atoms with Gasteiger partial charge in [-0.3, -0.25) is 0 Å². The lowest BCUT2D eigenvalue weighted by Gasteiger charge is -2.44. The van der Waals surface area contributed by atoms with Gasteiger partial charge in [0.2, 0.25) is 0 Å². The molecule has 0 aromatic rings. The Labute approximate surface area is 267 Å². The van der Waals surface area contributed by atoms with E-state index in [0.29, 0.717) is 11.8 Å². The summed E-state index contributed by atoms with van der Waals surface area (Å²) < 4.78 is 18.8. The number of hydrogen-bond donors (Lipinski definition) is 1. The van der Waals surface area contributed by atoms with Crippen molar-refractivity contribution in [2.45, 2.75) is 158 Å². The van der Waals surface area contributed by atoms with Crippen LogP contribution in [0.4, 0.5) is 0 Å². The maximum absolute atomic E-state index is 11.4. The Kier molecular flexibility index (Phi) is 17.3. The third kappa shape index (κ3) is 14.2. The maximum Gasteiger partial charge on any atom is 0.192 e. The van der Waals surface area contributed by atoms with Crippen LogP contribution in [0.25, 0.3) is 0 Å². The van der Waals surface area contributed by atoms with E-state index in [4.69, 9.17) is 13.9 Å². The van der Waals surface area contributed by atoms with E-state index >= 15 is 0 Å². The SMILES string of the molecule is CCC(=C/[C@H](C)C/C=C/C(C)=C/[C@@H](C)[C@H](O)[C@@H](C)[C@H](O[Si](C)(C)C(C)(C)C)[C@H](C)CC)/C=C/[C@H]1CC=C[C@H](OC(C)C)O1. The Morgan fingerprint density at radius 3 is 2.26 bits per heavy atom. The second-order valence-corrected chi connectivity index (χ2v) is 19.6. The summed E-state index contributed by atoms with van der Waals surface area (Å²) in [6.45, 7) is 31.0. The highest BCUT2D eigenvalue weighted by atomic mass is 28.4. The zero-order chi connectivity index (χ0) is 33.0. The summed E-state index contributed by atoms with van der Waals surface area (Å²) in [5, 5.41) is 11.6. The molecule has 0 saturated heterocycles. The van der Waals surface area contributed by atoms with E-state index in [9.17, 15) is 5.11 Å². The minimum Gasteiger partial charge on any atom is -0.413 e. The summed E-state index contributed by atoms with van der Waals surface area (Å²) in [6, 6.07) is 0. The van der Waals surface area contributed by atoms with Gasteiger partial charge in [0.05, 0.1) is 24.4 Å². The van der Waals surface area contributed by atoms with Crippen molar-refractivity contribution in [2.75, 3.05) is 0 Å². The van der Waals surface area contributed by atoms with Gasteiger partial charge in [-0.25, -0.2) is 0 Å². The number of aliphatic hydroxyl groups excluding tert-OH is 1. The van der Waals surface area contributed by atoms with Gasteiger partial charge in [-0.2, -0.15) is 0 Å². The second kappa shape index (κ2) is 18.7. The standard InChI is InChI=1S/C38H68O4Si/c1-15-30(7)37(42-43(13,14)38(10,11)12)32(9)36(39)31(8)25-28(5)19-17-20-29(6)26-33(16-2)23-24-34-21-18-22-35(41-34)40-27(3)4/h17-19,22-27,29-32,34-37,39H,15-16,20-21H2,1-14H3/b19-17+,24-23+,28-25+,33-26-/t29-,30-,31-,32-,34-,35-,36+,37-/m1/s1. The Hall–Kier alpha value is -1.24. The van der Waals surface area contributed by atoms with Gasteiger partial charge in [-0.15, -0.1) is 0 Å². The average Bonchev–Trinajstić information content (AvgIpc) is 2.91. The molecule has 0 aromatic heterocycles. The molecule has 1 heterocycles. The highest BCUT2D eigenvalue weighted by molar-refractivity contribution is 6.74. The Morgan fingerprint density at radius 1 is 1.05 bits per heavy atom. The molecule has 0 aromatic carbocycles. The molecule has 1 N–H and O–H groups in total. The Bertz CT molecular complexity index is 951. The van der Waals surface area contributed by atoms with Crippen LogP contribution in [0.2, 0.25) is 18.1 Å². The molecule has 0 unspecified atom stereocenters.